The quantitative estimate of drug-likeness (QED) is 0.473. The molecule has 104 valence electrons. The summed E-state index contributed by atoms with van der Waals surface area (Å²) in [6, 6.07) is 2.96. The van der Waals surface area contributed by atoms with E-state index < -0.39 is 16.6 Å². The number of rotatable bonds is 5. The normalized spacial score (nSPS) is 10.6. The van der Waals surface area contributed by atoms with Crippen LogP contribution in [0.4, 0.5) is 10.1 Å². The van der Waals surface area contributed by atoms with Gasteiger partial charge in [-0.1, -0.05) is 15.9 Å². The predicted molar refractivity (Wildman–Crippen MR) is 73.0 cm³/mol. The fourth-order valence-electron chi connectivity index (χ4n) is 1.63. The van der Waals surface area contributed by atoms with Gasteiger partial charge in [-0.2, -0.15) is 0 Å². The smallest absolute Gasteiger partial charge is 0.272 e. The molecule has 0 aliphatic carbocycles. The van der Waals surface area contributed by atoms with Gasteiger partial charge in [-0.15, -0.1) is 0 Å². The SMILES string of the molecule is CC(C)N(CCBr)C(=O)c1ccc([N+](=O)[O-])cc1F. The topological polar surface area (TPSA) is 63.5 Å². The molecule has 0 fully saturated rings. The molecule has 0 N–H and O–H groups in total. The van der Waals surface area contributed by atoms with E-state index >= 15 is 0 Å². The zero-order valence-electron chi connectivity index (χ0n) is 10.6. The monoisotopic (exact) mass is 332 g/mol. The number of amides is 1. The average molecular weight is 333 g/mol. The summed E-state index contributed by atoms with van der Waals surface area (Å²) in [5, 5.41) is 11.1. The summed E-state index contributed by atoms with van der Waals surface area (Å²) >= 11 is 3.23. The Kier molecular flexibility index (Phi) is 5.41. The van der Waals surface area contributed by atoms with Crippen LogP contribution in [0.1, 0.15) is 24.2 Å². The van der Waals surface area contributed by atoms with Gasteiger partial charge in [-0.25, -0.2) is 4.39 Å². The molecular formula is C12H14BrFN2O3. The lowest BCUT2D eigenvalue weighted by atomic mass is 10.1. The number of nitro benzene ring substituents is 1. The minimum atomic E-state index is -0.876. The number of nitro groups is 1. The Morgan fingerprint density at radius 1 is 1.53 bits per heavy atom. The van der Waals surface area contributed by atoms with E-state index in [0.717, 1.165) is 18.2 Å². The Bertz CT molecular complexity index is 494. The number of alkyl halides is 1. The fraction of sp³-hybridized carbons (Fsp3) is 0.417. The number of hydrogen-bond acceptors (Lipinski definition) is 3. The first-order chi connectivity index (χ1) is 8.88. The van der Waals surface area contributed by atoms with Crippen molar-refractivity contribution in [1.29, 1.82) is 0 Å². The van der Waals surface area contributed by atoms with Crippen molar-refractivity contribution in [1.82, 2.24) is 4.90 Å². The highest BCUT2D eigenvalue weighted by Crippen LogP contribution is 2.19. The third-order valence-corrected chi connectivity index (χ3v) is 2.96. The van der Waals surface area contributed by atoms with Gasteiger partial charge in [-0.3, -0.25) is 14.9 Å². The van der Waals surface area contributed by atoms with E-state index in [0.29, 0.717) is 11.9 Å². The summed E-state index contributed by atoms with van der Waals surface area (Å²) in [6.07, 6.45) is 0. The first kappa shape index (κ1) is 15.6. The largest absolute Gasteiger partial charge is 0.335 e. The summed E-state index contributed by atoms with van der Waals surface area (Å²) in [5.74, 6) is -1.35. The van der Waals surface area contributed by atoms with E-state index in [-0.39, 0.29) is 17.3 Å². The minimum Gasteiger partial charge on any atom is -0.335 e. The highest BCUT2D eigenvalue weighted by atomic mass is 79.9. The van der Waals surface area contributed by atoms with Crippen molar-refractivity contribution in [3.05, 3.63) is 39.7 Å². The van der Waals surface area contributed by atoms with Crippen LogP contribution in [0, 0.1) is 15.9 Å². The predicted octanol–water partition coefficient (Wildman–Crippen LogP) is 2.98. The lowest BCUT2D eigenvalue weighted by Gasteiger charge is -2.26. The van der Waals surface area contributed by atoms with Crippen molar-refractivity contribution in [2.24, 2.45) is 0 Å². The Labute approximate surface area is 118 Å². The first-order valence-corrected chi connectivity index (χ1v) is 6.81. The van der Waals surface area contributed by atoms with Crippen molar-refractivity contribution >= 4 is 27.5 Å². The van der Waals surface area contributed by atoms with Crippen LogP contribution in [0.3, 0.4) is 0 Å². The molecule has 0 spiro atoms. The maximum Gasteiger partial charge on any atom is 0.272 e. The highest BCUT2D eigenvalue weighted by Gasteiger charge is 2.22. The van der Waals surface area contributed by atoms with Crippen LogP contribution in [-0.2, 0) is 0 Å². The van der Waals surface area contributed by atoms with Gasteiger partial charge in [0, 0.05) is 24.0 Å². The summed E-state index contributed by atoms with van der Waals surface area (Å²) in [6.45, 7) is 4.08. The van der Waals surface area contributed by atoms with Crippen LogP contribution in [-0.4, -0.2) is 33.6 Å². The van der Waals surface area contributed by atoms with E-state index in [4.69, 9.17) is 0 Å². The molecule has 0 heterocycles. The summed E-state index contributed by atoms with van der Waals surface area (Å²) in [7, 11) is 0. The van der Waals surface area contributed by atoms with Gasteiger partial charge in [0.25, 0.3) is 11.6 Å². The number of carbonyl (C=O) groups excluding carboxylic acids is 1. The second kappa shape index (κ2) is 6.60. The third kappa shape index (κ3) is 3.73. The number of benzene rings is 1. The van der Waals surface area contributed by atoms with Crippen LogP contribution in [0.25, 0.3) is 0 Å². The lowest BCUT2D eigenvalue weighted by molar-refractivity contribution is -0.385. The van der Waals surface area contributed by atoms with E-state index in [2.05, 4.69) is 15.9 Å². The molecule has 0 aliphatic rings. The van der Waals surface area contributed by atoms with Crippen molar-refractivity contribution < 1.29 is 14.1 Å². The molecule has 0 bridgehead atoms. The van der Waals surface area contributed by atoms with E-state index in [1.807, 2.05) is 13.8 Å². The molecule has 0 saturated heterocycles. The Morgan fingerprint density at radius 2 is 2.16 bits per heavy atom. The van der Waals surface area contributed by atoms with Crippen LogP contribution >= 0.6 is 15.9 Å². The number of hydrogen-bond donors (Lipinski definition) is 0. The molecule has 1 rings (SSSR count). The third-order valence-electron chi connectivity index (χ3n) is 2.60. The molecule has 5 nitrogen and oxygen atoms in total. The summed E-state index contributed by atoms with van der Waals surface area (Å²) in [4.78, 5) is 23.5. The molecule has 0 saturated carbocycles. The standard InChI is InChI=1S/C12H14BrFN2O3/c1-8(2)15(6-5-13)12(17)10-4-3-9(16(18)19)7-11(10)14/h3-4,7-8H,5-6H2,1-2H3. The number of non-ortho nitro benzene ring substituents is 1. The zero-order valence-corrected chi connectivity index (χ0v) is 12.2. The van der Waals surface area contributed by atoms with Crippen LogP contribution < -0.4 is 0 Å². The maximum absolute atomic E-state index is 13.8. The number of nitrogens with zero attached hydrogens (tertiary/aromatic N) is 2. The van der Waals surface area contributed by atoms with Gasteiger partial charge in [0.1, 0.15) is 5.82 Å². The molecule has 1 aromatic carbocycles. The van der Waals surface area contributed by atoms with Crippen LogP contribution in [0.15, 0.2) is 18.2 Å². The lowest BCUT2D eigenvalue weighted by Crippen LogP contribution is -2.38. The molecule has 0 unspecified atom stereocenters. The fourth-order valence-corrected chi connectivity index (χ4v) is 2.01. The molecule has 19 heavy (non-hydrogen) atoms. The van der Waals surface area contributed by atoms with Gasteiger partial charge in [-0.05, 0) is 19.9 Å². The molecular weight excluding hydrogens is 319 g/mol. The second-order valence-corrected chi connectivity index (χ2v) is 5.00. The summed E-state index contributed by atoms with van der Waals surface area (Å²) < 4.78 is 13.8. The highest BCUT2D eigenvalue weighted by molar-refractivity contribution is 9.09. The van der Waals surface area contributed by atoms with Crippen molar-refractivity contribution in [3.8, 4) is 0 Å². The minimum absolute atomic E-state index is 0.0837. The molecule has 1 amide bonds. The number of carbonyl (C=O) groups is 1. The molecule has 0 aromatic heterocycles. The molecule has 0 aliphatic heterocycles. The van der Waals surface area contributed by atoms with Gasteiger partial charge < -0.3 is 4.90 Å². The van der Waals surface area contributed by atoms with Crippen molar-refractivity contribution in [3.63, 3.8) is 0 Å². The Hall–Kier alpha value is -1.50. The van der Waals surface area contributed by atoms with Gasteiger partial charge in [0.2, 0.25) is 0 Å². The molecule has 7 heteroatoms. The van der Waals surface area contributed by atoms with Gasteiger partial charge >= 0.3 is 0 Å². The van der Waals surface area contributed by atoms with Crippen molar-refractivity contribution in [2.45, 2.75) is 19.9 Å². The maximum atomic E-state index is 13.8. The van der Waals surface area contributed by atoms with Crippen molar-refractivity contribution in [2.75, 3.05) is 11.9 Å². The average Bonchev–Trinajstić information content (AvgIpc) is 2.34. The van der Waals surface area contributed by atoms with E-state index in [1.165, 1.54) is 4.90 Å². The van der Waals surface area contributed by atoms with Gasteiger partial charge in [0.15, 0.2) is 0 Å². The van der Waals surface area contributed by atoms with E-state index in [9.17, 15) is 19.3 Å². The van der Waals surface area contributed by atoms with Crippen LogP contribution in [0.2, 0.25) is 0 Å². The molecule has 1 aromatic rings. The Morgan fingerprint density at radius 3 is 2.58 bits per heavy atom. The second-order valence-electron chi connectivity index (χ2n) is 4.20. The Balaban J connectivity index is 3.08. The number of halogens is 2. The first-order valence-electron chi connectivity index (χ1n) is 5.69. The zero-order chi connectivity index (χ0) is 14.6. The van der Waals surface area contributed by atoms with Gasteiger partial charge in [0.05, 0.1) is 16.6 Å². The summed E-state index contributed by atoms with van der Waals surface area (Å²) in [5.41, 5.74) is -0.522. The molecule has 0 atom stereocenters. The van der Waals surface area contributed by atoms with Crippen LogP contribution in [0.5, 0.6) is 0 Å². The molecule has 0 radical (unpaired) electrons. The van der Waals surface area contributed by atoms with E-state index in [1.54, 1.807) is 0 Å².